The van der Waals surface area contributed by atoms with Gasteiger partial charge in [0.15, 0.2) is 10.9 Å². The molecule has 0 radical (unpaired) electrons. The molecule has 142 valence electrons. The minimum atomic E-state index is -0.615. The summed E-state index contributed by atoms with van der Waals surface area (Å²) in [4.78, 5) is 20.6. The topological polar surface area (TPSA) is 48.5 Å². The van der Waals surface area contributed by atoms with E-state index >= 15 is 0 Å². The highest BCUT2D eigenvalue weighted by Crippen LogP contribution is 2.31. The van der Waals surface area contributed by atoms with E-state index in [1.165, 1.54) is 17.4 Å². The lowest BCUT2D eigenvalue weighted by Gasteiger charge is -2.34. The minimum Gasteiger partial charge on any atom is -0.354 e. The van der Waals surface area contributed by atoms with Crippen molar-refractivity contribution < 1.29 is 13.6 Å². The van der Waals surface area contributed by atoms with Gasteiger partial charge in [-0.05, 0) is 6.07 Å². The number of hydrogen-bond acceptors (Lipinski definition) is 5. The first kappa shape index (κ1) is 19.0. The summed E-state index contributed by atoms with van der Waals surface area (Å²) < 4.78 is 27.7. The third-order valence-corrected chi connectivity index (χ3v) is 5.50. The van der Waals surface area contributed by atoms with Gasteiger partial charge in [0.25, 0.3) is 0 Å². The Morgan fingerprint density at radius 1 is 1.23 bits per heavy atom. The summed E-state index contributed by atoms with van der Waals surface area (Å²) in [5, 5.41) is 3.69. The van der Waals surface area contributed by atoms with Crippen LogP contribution in [0.15, 0.2) is 12.1 Å². The van der Waals surface area contributed by atoms with Gasteiger partial charge in [0.2, 0.25) is 5.91 Å². The number of aromatic nitrogens is 1. The highest BCUT2D eigenvalue weighted by Gasteiger charge is 2.23. The third kappa shape index (κ3) is 4.29. The molecule has 0 saturated carbocycles. The number of amides is 1. The van der Waals surface area contributed by atoms with Crippen LogP contribution in [-0.2, 0) is 4.79 Å². The highest BCUT2D eigenvalue weighted by atomic mass is 32.1. The van der Waals surface area contributed by atoms with Crippen LogP contribution in [0.25, 0.3) is 10.2 Å². The molecule has 8 heteroatoms. The summed E-state index contributed by atoms with van der Waals surface area (Å²) >= 11 is 1.32. The molecule has 0 bridgehead atoms. The van der Waals surface area contributed by atoms with Crippen molar-refractivity contribution in [3.63, 3.8) is 0 Å². The van der Waals surface area contributed by atoms with E-state index in [2.05, 4.69) is 20.1 Å². The van der Waals surface area contributed by atoms with Crippen LogP contribution in [0.3, 0.4) is 0 Å². The van der Waals surface area contributed by atoms with Gasteiger partial charge >= 0.3 is 0 Å². The van der Waals surface area contributed by atoms with Crippen LogP contribution in [0, 0.1) is 17.0 Å². The largest absolute Gasteiger partial charge is 0.354 e. The van der Waals surface area contributed by atoms with Gasteiger partial charge in [0.05, 0.1) is 4.70 Å². The van der Waals surface area contributed by atoms with E-state index in [9.17, 15) is 13.6 Å². The number of carbonyl (C=O) groups is 1. The lowest BCUT2D eigenvalue weighted by molar-refractivity contribution is -0.128. The zero-order valence-electron chi connectivity index (χ0n) is 15.3. The van der Waals surface area contributed by atoms with Crippen molar-refractivity contribution in [3.8, 4) is 0 Å². The second kappa shape index (κ2) is 7.44. The molecule has 5 nitrogen and oxygen atoms in total. The summed E-state index contributed by atoms with van der Waals surface area (Å²) in [5.74, 6) is -1.14. The molecule has 2 aromatic rings. The predicted octanol–water partition coefficient (Wildman–Crippen LogP) is 2.86. The average Bonchev–Trinajstić information content (AvgIpc) is 2.98. The molecule has 1 amide bonds. The number of hydrogen-bond donors (Lipinski definition) is 1. The number of thiazole rings is 1. The smallest absolute Gasteiger partial charge is 0.225 e. The summed E-state index contributed by atoms with van der Waals surface area (Å²) in [7, 11) is 0. The summed E-state index contributed by atoms with van der Waals surface area (Å²) in [6, 6.07) is 2.20. The van der Waals surface area contributed by atoms with E-state index in [-0.39, 0.29) is 16.8 Å². The number of benzene rings is 1. The number of piperazine rings is 1. The first-order chi connectivity index (χ1) is 12.2. The van der Waals surface area contributed by atoms with E-state index in [1.54, 1.807) is 0 Å². The lowest BCUT2D eigenvalue weighted by Crippen LogP contribution is -2.49. The maximum atomic E-state index is 13.8. The van der Waals surface area contributed by atoms with Gasteiger partial charge in [-0.3, -0.25) is 9.69 Å². The molecule has 1 saturated heterocycles. The Balaban J connectivity index is 1.52. The SMILES string of the molecule is CC(C)(C)C(=O)NCCN1CCN(c2nc3c(F)cc(F)cc3s2)CC1. The van der Waals surface area contributed by atoms with Crippen LogP contribution in [-0.4, -0.2) is 55.1 Å². The molecule has 1 aromatic carbocycles. The van der Waals surface area contributed by atoms with Crippen molar-refractivity contribution in [3.05, 3.63) is 23.8 Å². The molecule has 1 aliphatic heterocycles. The van der Waals surface area contributed by atoms with Gasteiger partial charge in [0, 0.05) is 50.7 Å². The van der Waals surface area contributed by atoms with Crippen LogP contribution < -0.4 is 10.2 Å². The van der Waals surface area contributed by atoms with E-state index in [0.717, 1.165) is 43.9 Å². The molecule has 1 N–H and O–H groups in total. The zero-order chi connectivity index (χ0) is 18.9. The molecule has 1 aromatic heterocycles. The monoisotopic (exact) mass is 382 g/mol. The lowest BCUT2D eigenvalue weighted by atomic mass is 9.96. The summed E-state index contributed by atoms with van der Waals surface area (Å²) in [6.07, 6.45) is 0. The molecule has 2 heterocycles. The van der Waals surface area contributed by atoms with Gasteiger partial charge < -0.3 is 10.2 Å². The van der Waals surface area contributed by atoms with E-state index in [1.807, 2.05) is 20.8 Å². The van der Waals surface area contributed by atoms with E-state index < -0.39 is 11.6 Å². The second-order valence-electron chi connectivity index (χ2n) is 7.57. The summed E-state index contributed by atoms with van der Waals surface area (Å²) in [5.41, 5.74) is -0.140. The Morgan fingerprint density at radius 2 is 1.92 bits per heavy atom. The van der Waals surface area contributed by atoms with Crippen molar-refractivity contribution in [1.29, 1.82) is 0 Å². The molecule has 0 atom stereocenters. The van der Waals surface area contributed by atoms with Crippen LogP contribution in [0.4, 0.5) is 13.9 Å². The molecule has 3 rings (SSSR count). The van der Waals surface area contributed by atoms with E-state index in [4.69, 9.17) is 0 Å². The standard InChI is InChI=1S/C18H24F2N4OS/c1-18(2,3)16(25)21-4-5-23-6-8-24(9-7-23)17-22-15-13(20)10-12(19)11-14(15)26-17/h10-11H,4-9H2,1-3H3,(H,21,25). The Kier molecular flexibility index (Phi) is 5.43. The molecule has 1 aliphatic rings. The number of anilines is 1. The van der Waals surface area contributed by atoms with Gasteiger partial charge in [-0.15, -0.1) is 0 Å². The fraction of sp³-hybridized carbons (Fsp3) is 0.556. The van der Waals surface area contributed by atoms with Crippen molar-refractivity contribution in [2.75, 3.05) is 44.2 Å². The fourth-order valence-corrected chi connectivity index (χ4v) is 3.89. The predicted molar refractivity (Wildman–Crippen MR) is 101 cm³/mol. The maximum Gasteiger partial charge on any atom is 0.225 e. The third-order valence-electron chi connectivity index (χ3n) is 4.44. The number of nitrogens with zero attached hydrogens (tertiary/aromatic N) is 3. The fourth-order valence-electron chi connectivity index (χ4n) is 2.84. The Bertz CT molecular complexity index is 794. The van der Waals surface area contributed by atoms with Crippen LogP contribution in [0.1, 0.15) is 20.8 Å². The molecular weight excluding hydrogens is 358 g/mol. The molecule has 26 heavy (non-hydrogen) atoms. The molecule has 0 spiro atoms. The first-order valence-corrected chi connectivity index (χ1v) is 9.57. The number of fused-ring (bicyclic) bond motifs is 1. The quantitative estimate of drug-likeness (QED) is 0.883. The van der Waals surface area contributed by atoms with Gasteiger partial charge in [-0.1, -0.05) is 32.1 Å². The van der Waals surface area contributed by atoms with Gasteiger partial charge in [-0.2, -0.15) is 0 Å². The number of rotatable bonds is 4. The minimum absolute atomic E-state index is 0.0554. The summed E-state index contributed by atoms with van der Waals surface area (Å²) in [6.45, 7) is 10.4. The van der Waals surface area contributed by atoms with Crippen LogP contribution in [0.2, 0.25) is 0 Å². The first-order valence-electron chi connectivity index (χ1n) is 8.75. The van der Waals surface area contributed by atoms with Crippen molar-refractivity contribution in [1.82, 2.24) is 15.2 Å². The van der Waals surface area contributed by atoms with Crippen molar-refractivity contribution >= 4 is 32.6 Å². The number of nitrogens with one attached hydrogen (secondary N) is 1. The molecule has 1 fully saturated rings. The molecule has 0 unspecified atom stereocenters. The van der Waals surface area contributed by atoms with E-state index in [0.29, 0.717) is 11.2 Å². The second-order valence-corrected chi connectivity index (χ2v) is 8.57. The van der Waals surface area contributed by atoms with Crippen LogP contribution in [0.5, 0.6) is 0 Å². The molecule has 0 aliphatic carbocycles. The maximum absolute atomic E-state index is 13.8. The highest BCUT2D eigenvalue weighted by molar-refractivity contribution is 7.22. The van der Waals surface area contributed by atoms with Crippen molar-refractivity contribution in [2.24, 2.45) is 5.41 Å². The zero-order valence-corrected chi connectivity index (χ0v) is 16.1. The Labute approximate surface area is 156 Å². The van der Waals surface area contributed by atoms with Gasteiger partial charge in [0.1, 0.15) is 11.3 Å². The normalized spacial score (nSPS) is 16.3. The Hall–Kier alpha value is -1.80. The van der Waals surface area contributed by atoms with Crippen molar-refractivity contribution in [2.45, 2.75) is 20.8 Å². The van der Waals surface area contributed by atoms with Crippen LogP contribution >= 0.6 is 11.3 Å². The van der Waals surface area contributed by atoms with Gasteiger partial charge in [-0.25, -0.2) is 13.8 Å². The molecular formula is C18H24F2N4OS. The number of halogens is 2. The number of carbonyl (C=O) groups excluding carboxylic acids is 1. The Morgan fingerprint density at radius 3 is 2.58 bits per heavy atom. The average molecular weight is 382 g/mol.